The molecule has 2 aromatic rings. The fraction of sp³-hybridized carbons (Fsp3) is 0.318. The zero-order valence-corrected chi connectivity index (χ0v) is 18.0. The number of fused-ring (bicyclic) bond motifs is 1. The summed E-state index contributed by atoms with van der Waals surface area (Å²) in [5.41, 5.74) is 0.983. The van der Waals surface area contributed by atoms with E-state index in [0.29, 0.717) is 29.1 Å². The van der Waals surface area contributed by atoms with Crippen LogP contribution in [0.2, 0.25) is 5.02 Å². The summed E-state index contributed by atoms with van der Waals surface area (Å²) in [4.78, 5) is 42.4. The number of Topliss-reactive ketones (excluding diaryl/α,β-unsaturated/α-hetero) is 1. The Morgan fingerprint density at radius 1 is 1.07 bits per heavy atom. The van der Waals surface area contributed by atoms with Crippen molar-refractivity contribution in [1.82, 2.24) is 4.90 Å². The van der Waals surface area contributed by atoms with Gasteiger partial charge in [0.1, 0.15) is 0 Å². The minimum atomic E-state index is -0.462. The molecule has 29 heavy (non-hydrogen) atoms. The van der Waals surface area contributed by atoms with Crippen molar-refractivity contribution in [3.05, 3.63) is 65.2 Å². The lowest BCUT2D eigenvalue weighted by Crippen LogP contribution is -2.64. The van der Waals surface area contributed by atoms with Gasteiger partial charge < -0.3 is 4.90 Å². The van der Waals surface area contributed by atoms with E-state index in [0.717, 1.165) is 6.42 Å². The van der Waals surface area contributed by atoms with Crippen LogP contribution in [0.15, 0.2) is 54.6 Å². The molecular formula is C22H20BrClN2O3. The lowest BCUT2D eigenvalue weighted by atomic mass is 9.80. The Bertz CT molecular complexity index is 952. The van der Waals surface area contributed by atoms with Gasteiger partial charge in [-0.15, -0.1) is 0 Å². The second-order valence-electron chi connectivity index (χ2n) is 7.44. The van der Waals surface area contributed by atoms with Gasteiger partial charge in [0.2, 0.25) is 5.91 Å². The van der Waals surface area contributed by atoms with Crippen LogP contribution in [0.4, 0.5) is 10.5 Å². The normalized spacial score (nSPS) is 24.4. The summed E-state index contributed by atoms with van der Waals surface area (Å²) in [5.74, 6) is -0.720. The van der Waals surface area contributed by atoms with Gasteiger partial charge >= 0.3 is 6.03 Å². The van der Waals surface area contributed by atoms with Crippen LogP contribution < -0.4 is 4.90 Å². The Morgan fingerprint density at radius 3 is 2.55 bits per heavy atom. The first-order valence-corrected chi connectivity index (χ1v) is 10.9. The first kappa shape index (κ1) is 20.1. The van der Waals surface area contributed by atoms with Gasteiger partial charge in [0, 0.05) is 21.5 Å². The molecule has 7 heteroatoms. The highest BCUT2D eigenvalue weighted by molar-refractivity contribution is 9.09. The highest BCUT2D eigenvalue weighted by atomic mass is 79.9. The van der Waals surface area contributed by atoms with E-state index in [2.05, 4.69) is 15.9 Å². The van der Waals surface area contributed by atoms with E-state index in [1.165, 1.54) is 4.90 Å². The largest absolute Gasteiger partial charge is 0.332 e. The summed E-state index contributed by atoms with van der Waals surface area (Å²) in [6.45, 7) is -0.0543. The molecule has 2 aromatic carbocycles. The number of rotatable bonds is 4. The molecule has 1 aliphatic carbocycles. The summed E-state index contributed by atoms with van der Waals surface area (Å²) in [7, 11) is 0. The molecule has 0 N–H and O–H groups in total. The standard InChI is InChI=1S/C22H20BrClN2O3/c23-15-9-10-19-18(11-15)21(28)26(17-8-4-7-16(24)12-17)22(29)25(19)13-20(27)14-5-2-1-3-6-14/h1-8,12,15,18-19H,9-11,13H2. The summed E-state index contributed by atoms with van der Waals surface area (Å²) < 4.78 is 0. The number of amides is 3. The minimum Gasteiger partial charge on any atom is -0.312 e. The Labute approximate surface area is 182 Å². The molecule has 2 aliphatic rings. The van der Waals surface area contributed by atoms with Gasteiger partial charge in [-0.1, -0.05) is 63.9 Å². The molecule has 150 valence electrons. The van der Waals surface area contributed by atoms with Crippen LogP contribution in [0.5, 0.6) is 0 Å². The summed E-state index contributed by atoms with van der Waals surface area (Å²) in [6, 6.07) is 14.9. The van der Waals surface area contributed by atoms with Gasteiger partial charge in [-0.2, -0.15) is 0 Å². The monoisotopic (exact) mass is 474 g/mol. The number of benzene rings is 2. The van der Waals surface area contributed by atoms with E-state index in [4.69, 9.17) is 11.6 Å². The molecule has 3 unspecified atom stereocenters. The molecule has 1 heterocycles. The molecular weight excluding hydrogens is 456 g/mol. The molecule has 1 aliphatic heterocycles. The average molecular weight is 476 g/mol. The summed E-state index contributed by atoms with van der Waals surface area (Å²) in [6.07, 6.45) is 2.17. The molecule has 3 atom stereocenters. The SMILES string of the molecule is O=C(CN1C(=O)N(c2cccc(Cl)c2)C(=O)C2CC(Br)CCC21)c1ccccc1. The Hall–Kier alpha value is -2.18. The van der Waals surface area contributed by atoms with Crippen molar-refractivity contribution in [2.24, 2.45) is 5.92 Å². The number of urea groups is 1. The molecule has 0 radical (unpaired) electrons. The van der Waals surface area contributed by atoms with Gasteiger partial charge in [0.05, 0.1) is 18.2 Å². The van der Waals surface area contributed by atoms with Crippen molar-refractivity contribution in [3.8, 4) is 0 Å². The molecule has 0 spiro atoms. The molecule has 0 aromatic heterocycles. The third-order valence-corrected chi connectivity index (χ3v) is 6.67. The van der Waals surface area contributed by atoms with E-state index in [9.17, 15) is 14.4 Å². The maximum Gasteiger partial charge on any atom is 0.332 e. The second kappa shape index (κ2) is 8.28. The van der Waals surface area contributed by atoms with Crippen molar-refractivity contribution in [3.63, 3.8) is 0 Å². The van der Waals surface area contributed by atoms with E-state index < -0.39 is 6.03 Å². The van der Waals surface area contributed by atoms with Gasteiger partial charge in [0.15, 0.2) is 5.78 Å². The van der Waals surface area contributed by atoms with Crippen LogP contribution in [0.1, 0.15) is 29.6 Å². The van der Waals surface area contributed by atoms with Crippen molar-refractivity contribution >= 4 is 50.9 Å². The van der Waals surface area contributed by atoms with Crippen molar-refractivity contribution in [1.29, 1.82) is 0 Å². The smallest absolute Gasteiger partial charge is 0.312 e. The van der Waals surface area contributed by atoms with Crippen LogP contribution in [0, 0.1) is 5.92 Å². The van der Waals surface area contributed by atoms with Crippen LogP contribution in [-0.2, 0) is 4.79 Å². The average Bonchev–Trinajstić information content (AvgIpc) is 2.72. The van der Waals surface area contributed by atoms with E-state index in [1.54, 1.807) is 53.4 Å². The third kappa shape index (κ3) is 3.96. The highest BCUT2D eigenvalue weighted by Crippen LogP contribution is 2.39. The quantitative estimate of drug-likeness (QED) is 0.466. The number of halogens is 2. The molecule has 1 saturated carbocycles. The second-order valence-corrected chi connectivity index (χ2v) is 9.17. The maximum absolute atomic E-state index is 13.4. The first-order chi connectivity index (χ1) is 14.0. The van der Waals surface area contributed by atoms with E-state index >= 15 is 0 Å². The lowest BCUT2D eigenvalue weighted by molar-refractivity contribution is -0.126. The third-order valence-electron chi connectivity index (χ3n) is 5.60. The summed E-state index contributed by atoms with van der Waals surface area (Å²) >= 11 is 9.72. The van der Waals surface area contributed by atoms with Crippen LogP contribution in [0.3, 0.4) is 0 Å². The number of alkyl halides is 1. The Balaban J connectivity index is 1.69. The zero-order valence-electron chi connectivity index (χ0n) is 15.6. The number of imide groups is 1. The number of nitrogens with zero attached hydrogens (tertiary/aromatic N) is 2. The lowest BCUT2D eigenvalue weighted by Gasteiger charge is -2.47. The van der Waals surface area contributed by atoms with Crippen molar-refractivity contribution in [2.45, 2.75) is 30.1 Å². The molecule has 1 saturated heterocycles. The van der Waals surface area contributed by atoms with E-state index in [-0.39, 0.29) is 35.0 Å². The maximum atomic E-state index is 13.4. The molecule has 2 fully saturated rings. The molecule has 3 amide bonds. The molecule has 0 bridgehead atoms. The number of anilines is 1. The topological polar surface area (TPSA) is 57.7 Å². The van der Waals surface area contributed by atoms with Crippen LogP contribution in [0.25, 0.3) is 0 Å². The van der Waals surface area contributed by atoms with Crippen molar-refractivity contribution < 1.29 is 14.4 Å². The Morgan fingerprint density at radius 2 is 1.83 bits per heavy atom. The van der Waals surface area contributed by atoms with E-state index in [1.807, 2.05) is 6.07 Å². The van der Waals surface area contributed by atoms with Gasteiger partial charge in [0.25, 0.3) is 0 Å². The highest BCUT2D eigenvalue weighted by Gasteiger charge is 2.49. The number of hydrogen-bond acceptors (Lipinski definition) is 3. The minimum absolute atomic E-state index is 0.0543. The van der Waals surface area contributed by atoms with Crippen LogP contribution >= 0.6 is 27.5 Å². The van der Waals surface area contributed by atoms with Crippen LogP contribution in [-0.4, -0.2) is 40.0 Å². The van der Waals surface area contributed by atoms with Gasteiger partial charge in [-0.05, 0) is 37.5 Å². The number of carbonyl (C=O) groups excluding carboxylic acids is 3. The van der Waals surface area contributed by atoms with Gasteiger partial charge in [-0.25, -0.2) is 9.69 Å². The Kier molecular flexibility index (Phi) is 5.74. The molecule has 5 nitrogen and oxygen atoms in total. The number of hydrogen-bond donors (Lipinski definition) is 0. The van der Waals surface area contributed by atoms with Crippen molar-refractivity contribution in [2.75, 3.05) is 11.4 Å². The molecule has 4 rings (SSSR count). The number of carbonyl (C=O) groups is 3. The zero-order chi connectivity index (χ0) is 20.5. The fourth-order valence-electron chi connectivity index (χ4n) is 4.18. The summed E-state index contributed by atoms with van der Waals surface area (Å²) in [5, 5.41) is 0.444. The van der Waals surface area contributed by atoms with Gasteiger partial charge in [-0.3, -0.25) is 9.59 Å². The predicted octanol–water partition coefficient (Wildman–Crippen LogP) is 4.92. The first-order valence-electron chi connectivity index (χ1n) is 9.58. The predicted molar refractivity (Wildman–Crippen MR) is 116 cm³/mol. The number of ketones is 1. The fourth-order valence-corrected chi connectivity index (χ4v) is 5.03.